The normalized spacial score (nSPS) is 15.5. The van der Waals surface area contributed by atoms with E-state index in [2.05, 4.69) is 56.6 Å². The Morgan fingerprint density at radius 3 is 2.54 bits per heavy atom. The largest absolute Gasteiger partial charge is 0.378 e. The van der Waals surface area contributed by atoms with Crippen molar-refractivity contribution in [1.82, 2.24) is 9.97 Å². The first kappa shape index (κ1) is 16.4. The second kappa shape index (κ2) is 7.40. The maximum Gasteiger partial charge on any atom is 0.152 e. The number of anilines is 2. The van der Waals surface area contributed by atoms with Crippen LogP contribution >= 0.6 is 0 Å². The fourth-order valence-electron chi connectivity index (χ4n) is 2.56. The highest BCUT2D eigenvalue weighted by Crippen LogP contribution is 2.17. The number of rotatable bonds is 4. The molecule has 126 valence electrons. The molecular formula is C18H23N5O. The van der Waals surface area contributed by atoms with Gasteiger partial charge < -0.3 is 9.64 Å². The van der Waals surface area contributed by atoms with E-state index in [1.807, 2.05) is 19.9 Å². The maximum absolute atomic E-state index is 5.40. The van der Waals surface area contributed by atoms with Gasteiger partial charge >= 0.3 is 0 Å². The summed E-state index contributed by atoms with van der Waals surface area (Å²) in [4.78, 5) is 11.2. The third-order valence-electron chi connectivity index (χ3n) is 3.97. The molecule has 1 N–H and O–H groups in total. The van der Waals surface area contributed by atoms with E-state index in [-0.39, 0.29) is 0 Å². The van der Waals surface area contributed by atoms with Crippen molar-refractivity contribution in [3.8, 4) is 0 Å². The summed E-state index contributed by atoms with van der Waals surface area (Å²) in [6.07, 6.45) is 0. The van der Waals surface area contributed by atoms with Crippen LogP contribution in [-0.2, 0) is 4.74 Å². The van der Waals surface area contributed by atoms with E-state index >= 15 is 0 Å². The highest BCUT2D eigenvalue weighted by Gasteiger charge is 2.14. The Morgan fingerprint density at radius 2 is 1.83 bits per heavy atom. The molecular weight excluding hydrogens is 302 g/mol. The molecule has 24 heavy (non-hydrogen) atoms. The number of hydrogen-bond acceptors (Lipinski definition) is 6. The zero-order chi connectivity index (χ0) is 16.9. The molecule has 2 heterocycles. The molecule has 1 aromatic carbocycles. The van der Waals surface area contributed by atoms with Gasteiger partial charge in [0.15, 0.2) is 5.82 Å². The lowest BCUT2D eigenvalue weighted by Gasteiger charge is -2.28. The summed E-state index contributed by atoms with van der Waals surface area (Å²) in [7, 11) is 0. The zero-order valence-corrected chi connectivity index (χ0v) is 14.4. The zero-order valence-electron chi connectivity index (χ0n) is 14.4. The van der Waals surface area contributed by atoms with Gasteiger partial charge in [0.1, 0.15) is 11.6 Å². The first-order chi connectivity index (χ1) is 11.6. The van der Waals surface area contributed by atoms with E-state index in [1.54, 1.807) is 0 Å². The van der Waals surface area contributed by atoms with Crippen molar-refractivity contribution in [3.05, 3.63) is 47.3 Å². The number of nitrogens with zero attached hydrogens (tertiary/aromatic N) is 4. The van der Waals surface area contributed by atoms with Crippen LogP contribution in [0.5, 0.6) is 0 Å². The fraction of sp³-hybridized carbons (Fsp3) is 0.389. The van der Waals surface area contributed by atoms with Crippen LogP contribution in [0.3, 0.4) is 0 Å². The van der Waals surface area contributed by atoms with Gasteiger partial charge in [-0.1, -0.05) is 29.8 Å². The topological polar surface area (TPSA) is 62.6 Å². The number of benzene rings is 1. The van der Waals surface area contributed by atoms with Gasteiger partial charge in [-0.3, -0.25) is 5.43 Å². The van der Waals surface area contributed by atoms with E-state index in [0.717, 1.165) is 49.2 Å². The first-order valence-electron chi connectivity index (χ1n) is 8.17. The van der Waals surface area contributed by atoms with Crippen molar-refractivity contribution in [2.75, 3.05) is 36.6 Å². The summed E-state index contributed by atoms with van der Waals surface area (Å²) in [5, 5.41) is 4.45. The molecule has 0 spiro atoms. The SMILES string of the molecule is CC(=NNc1cc(N2CCOCC2)nc(C)n1)c1ccc(C)cc1. The van der Waals surface area contributed by atoms with Gasteiger partial charge in [-0.05, 0) is 26.3 Å². The van der Waals surface area contributed by atoms with Gasteiger partial charge in [0, 0.05) is 19.2 Å². The summed E-state index contributed by atoms with van der Waals surface area (Å²) in [6, 6.07) is 10.2. The van der Waals surface area contributed by atoms with Crippen molar-refractivity contribution in [2.45, 2.75) is 20.8 Å². The van der Waals surface area contributed by atoms with Gasteiger partial charge in [0.05, 0.1) is 18.9 Å². The summed E-state index contributed by atoms with van der Waals surface area (Å²) < 4.78 is 5.40. The summed E-state index contributed by atoms with van der Waals surface area (Å²) in [5.74, 6) is 2.34. The number of aryl methyl sites for hydroxylation is 2. The molecule has 1 fully saturated rings. The minimum atomic E-state index is 0.704. The molecule has 6 heteroatoms. The number of hydrogen-bond donors (Lipinski definition) is 1. The van der Waals surface area contributed by atoms with Crippen LogP contribution in [0.4, 0.5) is 11.6 Å². The minimum absolute atomic E-state index is 0.704. The Kier molecular flexibility index (Phi) is 5.05. The predicted octanol–water partition coefficient (Wildman–Crippen LogP) is 2.77. The second-order valence-electron chi connectivity index (χ2n) is 5.93. The van der Waals surface area contributed by atoms with Crippen LogP contribution in [0.15, 0.2) is 35.4 Å². The molecule has 0 bridgehead atoms. The quantitative estimate of drug-likeness (QED) is 0.692. The van der Waals surface area contributed by atoms with Gasteiger partial charge in [0.2, 0.25) is 0 Å². The Balaban J connectivity index is 1.75. The van der Waals surface area contributed by atoms with Crippen LogP contribution in [0, 0.1) is 13.8 Å². The second-order valence-corrected chi connectivity index (χ2v) is 5.93. The Labute approximate surface area is 142 Å². The van der Waals surface area contributed by atoms with Crippen molar-refractivity contribution < 1.29 is 4.74 Å². The molecule has 0 amide bonds. The van der Waals surface area contributed by atoms with Gasteiger partial charge in [-0.2, -0.15) is 5.10 Å². The van der Waals surface area contributed by atoms with Crippen molar-refractivity contribution >= 4 is 17.3 Å². The Hall–Kier alpha value is -2.47. The fourth-order valence-corrected chi connectivity index (χ4v) is 2.56. The highest BCUT2D eigenvalue weighted by molar-refractivity contribution is 5.99. The molecule has 6 nitrogen and oxygen atoms in total. The minimum Gasteiger partial charge on any atom is -0.378 e. The number of hydrazone groups is 1. The molecule has 0 saturated carbocycles. The van der Waals surface area contributed by atoms with E-state index in [4.69, 9.17) is 4.74 Å². The molecule has 0 unspecified atom stereocenters. The summed E-state index contributed by atoms with van der Waals surface area (Å²) >= 11 is 0. The molecule has 2 aromatic rings. The molecule has 0 atom stereocenters. The molecule has 1 aliphatic heterocycles. The van der Waals surface area contributed by atoms with E-state index in [0.29, 0.717) is 5.82 Å². The summed E-state index contributed by atoms with van der Waals surface area (Å²) in [6.45, 7) is 9.11. The molecule has 1 aromatic heterocycles. The van der Waals surface area contributed by atoms with E-state index in [1.165, 1.54) is 5.56 Å². The van der Waals surface area contributed by atoms with Crippen molar-refractivity contribution in [3.63, 3.8) is 0 Å². The van der Waals surface area contributed by atoms with Crippen molar-refractivity contribution in [2.24, 2.45) is 5.10 Å². The predicted molar refractivity (Wildman–Crippen MR) is 96.8 cm³/mol. The van der Waals surface area contributed by atoms with E-state index < -0.39 is 0 Å². The number of aromatic nitrogens is 2. The lowest BCUT2D eigenvalue weighted by molar-refractivity contribution is 0.122. The summed E-state index contributed by atoms with van der Waals surface area (Å²) in [5.41, 5.74) is 6.30. The molecule has 0 aliphatic carbocycles. The first-order valence-corrected chi connectivity index (χ1v) is 8.17. The number of morpholine rings is 1. The monoisotopic (exact) mass is 325 g/mol. The number of nitrogens with one attached hydrogen (secondary N) is 1. The Morgan fingerprint density at radius 1 is 1.12 bits per heavy atom. The smallest absolute Gasteiger partial charge is 0.152 e. The average molecular weight is 325 g/mol. The van der Waals surface area contributed by atoms with Gasteiger partial charge in [-0.25, -0.2) is 9.97 Å². The molecule has 1 aliphatic rings. The van der Waals surface area contributed by atoms with Crippen LogP contribution < -0.4 is 10.3 Å². The maximum atomic E-state index is 5.40. The molecule has 3 rings (SSSR count). The van der Waals surface area contributed by atoms with Crippen molar-refractivity contribution in [1.29, 1.82) is 0 Å². The average Bonchev–Trinajstić information content (AvgIpc) is 2.60. The van der Waals surface area contributed by atoms with Crippen LogP contribution in [0.25, 0.3) is 0 Å². The Bertz CT molecular complexity index is 721. The standard InChI is InChI=1S/C18H23N5O/c1-13-4-6-16(7-5-13)14(2)21-22-17-12-18(20-15(3)19-17)23-8-10-24-11-9-23/h4-7,12H,8-11H2,1-3H3,(H,19,20,22). The molecule has 1 saturated heterocycles. The van der Waals surface area contributed by atoms with Gasteiger partial charge in [-0.15, -0.1) is 0 Å². The third kappa shape index (κ3) is 4.08. The highest BCUT2D eigenvalue weighted by atomic mass is 16.5. The lowest BCUT2D eigenvalue weighted by atomic mass is 10.1. The van der Waals surface area contributed by atoms with E-state index in [9.17, 15) is 0 Å². The third-order valence-corrected chi connectivity index (χ3v) is 3.97. The van der Waals surface area contributed by atoms with Gasteiger partial charge in [0.25, 0.3) is 0 Å². The van der Waals surface area contributed by atoms with Crippen LogP contribution in [-0.4, -0.2) is 42.0 Å². The lowest BCUT2D eigenvalue weighted by Crippen LogP contribution is -2.36. The number of ether oxygens (including phenoxy) is 1. The van der Waals surface area contributed by atoms with Crippen LogP contribution in [0.2, 0.25) is 0 Å². The molecule has 0 radical (unpaired) electrons. The van der Waals surface area contributed by atoms with Crippen LogP contribution in [0.1, 0.15) is 23.9 Å².